The first-order chi connectivity index (χ1) is 10.3. The Morgan fingerprint density at radius 1 is 1.43 bits per heavy atom. The van der Waals surface area contributed by atoms with E-state index in [-0.39, 0.29) is 0 Å². The molecule has 1 fully saturated rings. The predicted octanol–water partition coefficient (Wildman–Crippen LogP) is 2.29. The maximum atomic E-state index is 5.88. The molecule has 0 amide bonds. The van der Waals surface area contributed by atoms with Gasteiger partial charge < -0.3 is 14.8 Å². The van der Waals surface area contributed by atoms with Gasteiger partial charge >= 0.3 is 0 Å². The molecule has 1 unspecified atom stereocenters. The van der Waals surface area contributed by atoms with Gasteiger partial charge in [0, 0.05) is 26.2 Å². The van der Waals surface area contributed by atoms with Gasteiger partial charge in [0.15, 0.2) is 0 Å². The lowest BCUT2D eigenvalue weighted by molar-refractivity contribution is 0.0701. The van der Waals surface area contributed by atoms with Crippen LogP contribution in [0, 0.1) is 0 Å². The van der Waals surface area contributed by atoms with E-state index in [1.54, 1.807) is 0 Å². The Morgan fingerprint density at radius 3 is 3.05 bits per heavy atom. The van der Waals surface area contributed by atoms with Crippen LogP contribution in [-0.4, -0.2) is 50.9 Å². The van der Waals surface area contributed by atoms with Crippen LogP contribution in [0.1, 0.15) is 25.3 Å². The fourth-order valence-electron chi connectivity index (χ4n) is 2.70. The van der Waals surface area contributed by atoms with Crippen LogP contribution in [0.25, 0.3) is 0 Å². The van der Waals surface area contributed by atoms with E-state index in [4.69, 9.17) is 9.47 Å². The van der Waals surface area contributed by atoms with Crippen LogP contribution >= 0.6 is 0 Å². The van der Waals surface area contributed by atoms with Gasteiger partial charge in [0.2, 0.25) is 0 Å². The lowest BCUT2D eigenvalue weighted by Gasteiger charge is -2.23. The lowest BCUT2D eigenvalue weighted by Crippen LogP contribution is -2.35. The number of ether oxygens (including phenoxy) is 2. The van der Waals surface area contributed by atoms with Crippen LogP contribution in [0.3, 0.4) is 0 Å². The van der Waals surface area contributed by atoms with Crippen molar-refractivity contribution in [2.45, 2.75) is 32.4 Å². The van der Waals surface area contributed by atoms with Gasteiger partial charge in [-0.05, 0) is 44.1 Å². The molecule has 0 bridgehead atoms. The summed E-state index contributed by atoms with van der Waals surface area (Å²) in [5.74, 6) is 0.955. The van der Waals surface area contributed by atoms with Crippen molar-refractivity contribution in [3.8, 4) is 5.75 Å². The highest BCUT2D eigenvalue weighted by molar-refractivity contribution is 5.28. The molecule has 4 nitrogen and oxygen atoms in total. The third-order valence-electron chi connectivity index (χ3n) is 3.89. The normalized spacial score (nSPS) is 18.3. The van der Waals surface area contributed by atoms with E-state index in [1.807, 2.05) is 19.2 Å². The third kappa shape index (κ3) is 5.65. The predicted molar refractivity (Wildman–Crippen MR) is 85.8 cm³/mol. The average Bonchev–Trinajstić information content (AvgIpc) is 3.00. The summed E-state index contributed by atoms with van der Waals surface area (Å²) in [7, 11) is 1.96. The van der Waals surface area contributed by atoms with Gasteiger partial charge in [-0.25, -0.2) is 0 Å². The Hall–Kier alpha value is -1.10. The van der Waals surface area contributed by atoms with Crippen molar-refractivity contribution in [3.63, 3.8) is 0 Å². The van der Waals surface area contributed by atoms with Gasteiger partial charge in [-0.3, -0.25) is 4.90 Å². The van der Waals surface area contributed by atoms with Crippen molar-refractivity contribution < 1.29 is 9.47 Å². The molecule has 0 aliphatic carbocycles. The molecule has 0 spiro atoms. The number of rotatable bonds is 9. The van der Waals surface area contributed by atoms with Crippen LogP contribution < -0.4 is 10.1 Å². The molecule has 1 heterocycles. The molecule has 2 rings (SSSR count). The molecule has 1 aromatic carbocycles. The summed E-state index contributed by atoms with van der Waals surface area (Å²) in [6.45, 7) is 7.75. The standard InChI is InChI=1S/C17H28N2O2/c1-3-19(14-17-8-5-10-20-17)9-11-21-16-7-4-6-15(12-16)13-18-2/h4,6-7,12,17-18H,3,5,8-11,13-14H2,1-2H3. The minimum absolute atomic E-state index is 0.420. The minimum Gasteiger partial charge on any atom is -0.492 e. The highest BCUT2D eigenvalue weighted by atomic mass is 16.5. The van der Waals surface area contributed by atoms with Crippen molar-refractivity contribution in [1.29, 1.82) is 0 Å². The van der Waals surface area contributed by atoms with Crippen LogP contribution in [0.4, 0.5) is 0 Å². The minimum atomic E-state index is 0.420. The van der Waals surface area contributed by atoms with E-state index in [0.717, 1.165) is 45.1 Å². The highest BCUT2D eigenvalue weighted by Gasteiger charge is 2.18. The molecule has 1 N–H and O–H groups in total. The monoisotopic (exact) mass is 292 g/mol. The molecule has 0 radical (unpaired) electrons. The van der Waals surface area contributed by atoms with Crippen molar-refractivity contribution in [2.24, 2.45) is 0 Å². The molecule has 1 aliphatic heterocycles. The number of nitrogens with zero attached hydrogens (tertiary/aromatic N) is 1. The SMILES string of the molecule is CCN(CCOc1cccc(CNC)c1)CC1CCCO1. The fourth-order valence-corrected chi connectivity index (χ4v) is 2.70. The van der Waals surface area contributed by atoms with Gasteiger partial charge in [0.1, 0.15) is 12.4 Å². The summed E-state index contributed by atoms with van der Waals surface area (Å²) in [5, 5.41) is 3.16. The topological polar surface area (TPSA) is 33.7 Å². The summed E-state index contributed by atoms with van der Waals surface area (Å²) in [6, 6.07) is 8.29. The zero-order chi connectivity index (χ0) is 14.9. The van der Waals surface area contributed by atoms with E-state index in [2.05, 4.69) is 29.3 Å². The molecule has 21 heavy (non-hydrogen) atoms. The summed E-state index contributed by atoms with van der Waals surface area (Å²) in [5.41, 5.74) is 1.25. The lowest BCUT2D eigenvalue weighted by atomic mass is 10.2. The first kappa shape index (κ1) is 16.3. The van der Waals surface area contributed by atoms with Gasteiger partial charge in [-0.15, -0.1) is 0 Å². The van der Waals surface area contributed by atoms with Crippen molar-refractivity contribution in [2.75, 3.05) is 39.9 Å². The fraction of sp³-hybridized carbons (Fsp3) is 0.647. The first-order valence-electron chi connectivity index (χ1n) is 8.02. The molecule has 1 aromatic rings. The maximum Gasteiger partial charge on any atom is 0.119 e. The maximum absolute atomic E-state index is 5.88. The van der Waals surface area contributed by atoms with Gasteiger partial charge in [0.05, 0.1) is 6.10 Å². The zero-order valence-electron chi connectivity index (χ0n) is 13.3. The number of benzene rings is 1. The van der Waals surface area contributed by atoms with E-state index < -0.39 is 0 Å². The van der Waals surface area contributed by atoms with Crippen molar-refractivity contribution >= 4 is 0 Å². The van der Waals surface area contributed by atoms with Gasteiger partial charge in [0.25, 0.3) is 0 Å². The van der Waals surface area contributed by atoms with E-state index in [9.17, 15) is 0 Å². The van der Waals surface area contributed by atoms with Crippen LogP contribution in [0.5, 0.6) is 5.75 Å². The van der Waals surface area contributed by atoms with E-state index in [1.165, 1.54) is 18.4 Å². The molecular weight excluding hydrogens is 264 g/mol. The molecular formula is C17H28N2O2. The van der Waals surface area contributed by atoms with Crippen LogP contribution in [0.2, 0.25) is 0 Å². The van der Waals surface area contributed by atoms with Gasteiger partial charge in [-0.1, -0.05) is 19.1 Å². The Balaban J connectivity index is 1.72. The smallest absolute Gasteiger partial charge is 0.119 e. The third-order valence-corrected chi connectivity index (χ3v) is 3.89. The summed E-state index contributed by atoms with van der Waals surface area (Å²) in [6.07, 6.45) is 2.82. The highest BCUT2D eigenvalue weighted by Crippen LogP contribution is 2.15. The molecule has 1 aliphatic rings. The molecule has 0 saturated carbocycles. The number of hydrogen-bond acceptors (Lipinski definition) is 4. The van der Waals surface area contributed by atoms with Crippen molar-refractivity contribution in [3.05, 3.63) is 29.8 Å². The molecule has 4 heteroatoms. The second kappa shape index (κ2) is 9.03. The molecule has 1 saturated heterocycles. The summed E-state index contributed by atoms with van der Waals surface area (Å²) >= 11 is 0. The van der Waals surface area contributed by atoms with Crippen molar-refractivity contribution in [1.82, 2.24) is 10.2 Å². The number of hydrogen-bond donors (Lipinski definition) is 1. The number of likely N-dealkylation sites (N-methyl/N-ethyl adjacent to an activating group) is 1. The Labute approximate surface area is 128 Å². The second-order valence-corrected chi connectivity index (χ2v) is 5.55. The average molecular weight is 292 g/mol. The second-order valence-electron chi connectivity index (χ2n) is 5.55. The zero-order valence-corrected chi connectivity index (χ0v) is 13.3. The quantitative estimate of drug-likeness (QED) is 0.757. The first-order valence-corrected chi connectivity index (χ1v) is 8.02. The summed E-state index contributed by atoms with van der Waals surface area (Å²) in [4.78, 5) is 2.41. The van der Waals surface area contributed by atoms with Gasteiger partial charge in [-0.2, -0.15) is 0 Å². The number of nitrogens with one attached hydrogen (secondary N) is 1. The molecule has 118 valence electrons. The summed E-state index contributed by atoms with van der Waals surface area (Å²) < 4.78 is 11.6. The van der Waals surface area contributed by atoms with Crippen LogP contribution in [-0.2, 0) is 11.3 Å². The largest absolute Gasteiger partial charge is 0.492 e. The molecule has 1 atom stereocenters. The Bertz CT molecular complexity index is 406. The Morgan fingerprint density at radius 2 is 2.33 bits per heavy atom. The van der Waals surface area contributed by atoms with E-state index >= 15 is 0 Å². The molecule has 0 aromatic heterocycles. The van der Waals surface area contributed by atoms with E-state index in [0.29, 0.717) is 6.10 Å². The van der Waals surface area contributed by atoms with Crippen LogP contribution in [0.15, 0.2) is 24.3 Å². The Kier molecular flexibility index (Phi) is 7.00.